The molecule has 3 aromatic rings. The van der Waals surface area contributed by atoms with E-state index in [4.69, 9.17) is 21.1 Å². The van der Waals surface area contributed by atoms with Crippen LogP contribution in [0.4, 0.5) is 5.00 Å². The number of esters is 1. The van der Waals surface area contributed by atoms with Gasteiger partial charge in [0.05, 0.1) is 30.6 Å². The van der Waals surface area contributed by atoms with Gasteiger partial charge in [-0.2, -0.15) is 0 Å². The van der Waals surface area contributed by atoms with E-state index in [1.165, 1.54) is 23.1 Å². The number of anilines is 1. The molecule has 1 amide bonds. The van der Waals surface area contributed by atoms with Crippen LogP contribution in [-0.2, 0) is 28.9 Å². The molecule has 186 valence electrons. The van der Waals surface area contributed by atoms with Gasteiger partial charge in [-0.15, -0.1) is 21.5 Å². The molecule has 0 saturated carbocycles. The van der Waals surface area contributed by atoms with E-state index in [0.717, 1.165) is 41.7 Å². The third-order valence-electron chi connectivity index (χ3n) is 5.67. The molecule has 1 aromatic carbocycles. The molecule has 0 fully saturated rings. The van der Waals surface area contributed by atoms with Gasteiger partial charge in [-0.3, -0.25) is 4.79 Å². The first kappa shape index (κ1) is 25.5. The SMILES string of the molecule is CCOC(=O)c1c(NC(=O)CSc2nnc(-c3cc(Cl)ccc3OC)n2CC)sc2c1CCCC2. The first-order chi connectivity index (χ1) is 17.0. The molecule has 4 rings (SSSR count). The summed E-state index contributed by atoms with van der Waals surface area (Å²) in [4.78, 5) is 26.7. The molecule has 0 bridgehead atoms. The lowest BCUT2D eigenvalue weighted by molar-refractivity contribution is -0.113. The van der Waals surface area contributed by atoms with E-state index in [1.54, 1.807) is 32.2 Å². The van der Waals surface area contributed by atoms with E-state index < -0.39 is 0 Å². The number of fused-ring (bicyclic) bond motifs is 1. The summed E-state index contributed by atoms with van der Waals surface area (Å²) < 4.78 is 12.7. The number of halogens is 1. The van der Waals surface area contributed by atoms with E-state index in [9.17, 15) is 9.59 Å². The fourth-order valence-corrected chi connectivity index (χ4v) is 6.37. The number of nitrogens with zero attached hydrogens (tertiary/aromatic N) is 3. The zero-order valence-electron chi connectivity index (χ0n) is 19.9. The number of methoxy groups -OCH3 is 1. The standard InChI is InChI=1S/C24H27ClN4O4S2/c1-4-29-21(16-12-14(25)10-11-17(16)32-3)27-28-24(29)34-13-19(30)26-22-20(23(31)33-5-2)15-8-6-7-9-18(15)35-22/h10-12H,4-9,13H2,1-3H3,(H,26,30). The Kier molecular flexibility index (Phi) is 8.35. The Morgan fingerprint density at radius 3 is 2.77 bits per heavy atom. The summed E-state index contributed by atoms with van der Waals surface area (Å²) in [5.74, 6) is 0.784. The van der Waals surface area contributed by atoms with Crippen LogP contribution in [-0.4, -0.2) is 46.1 Å². The van der Waals surface area contributed by atoms with Crippen molar-refractivity contribution in [2.45, 2.75) is 51.2 Å². The fraction of sp³-hybridized carbons (Fsp3) is 0.417. The van der Waals surface area contributed by atoms with Crippen LogP contribution < -0.4 is 10.1 Å². The molecule has 0 spiro atoms. The van der Waals surface area contributed by atoms with Gasteiger partial charge in [0, 0.05) is 16.4 Å². The van der Waals surface area contributed by atoms with Crippen LogP contribution >= 0.6 is 34.7 Å². The quantitative estimate of drug-likeness (QED) is 0.287. The topological polar surface area (TPSA) is 95.3 Å². The Hall–Kier alpha value is -2.56. The number of thioether (sulfide) groups is 1. The number of aryl methyl sites for hydroxylation is 1. The monoisotopic (exact) mass is 534 g/mol. The van der Waals surface area contributed by atoms with Crippen molar-refractivity contribution < 1.29 is 19.1 Å². The van der Waals surface area contributed by atoms with Gasteiger partial charge in [0.15, 0.2) is 11.0 Å². The highest BCUT2D eigenvalue weighted by atomic mass is 35.5. The molecule has 2 heterocycles. The highest BCUT2D eigenvalue weighted by Crippen LogP contribution is 2.39. The first-order valence-corrected chi connectivity index (χ1v) is 13.7. The minimum atomic E-state index is -0.374. The highest BCUT2D eigenvalue weighted by Gasteiger charge is 2.27. The molecule has 1 aliphatic rings. The molecule has 0 atom stereocenters. The van der Waals surface area contributed by atoms with Crippen molar-refractivity contribution in [2.75, 3.05) is 24.8 Å². The molecule has 0 aliphatic heterocycles. The third kappa shape index (κ3) is 5.49. The highest BCUT2D eigenvalue weighted by molar-refractivity contribution is 7.99. The molecular formula is C24H27ClN4O4S2. The number of aromatic nitrogens is 3. The lowest BCUT2D eigenvalue weighted by Crippen LogP contribution is -2.17. The van der Waals surface area contributed by atoms with Crippen molar-refractivity contribution in [3.63, 3.8) is 0 Å². The zero-order chi connectivity index (χ0) is 24.9. The summed E-state index contributed by atoms with van der Waals surface area (Å²) in [6.45, 7) is 4.66. The van der Waals surface area contributed by atoms with Gasteiger partial charge < -0.3 is 19.4 Å². The summed E-state index contributed by atoms with van der Waals surface area (Å²) in [5.41, 5.74) is 2.26. The van der Waals surface area contributed by atoms with Gasteiger partial charge in [0.2, 0.25) is 5.91 Å². The van der Waals surface area contributed by atoms with Gasteiger partial charge in [0.1, 0.15) is 10.8 Å². The number of carbonyl (C=O) groups is 2. The molecular weight excluding hydrogens is 508 g/mol. The molecule has 11 heteroatoms. The minimum absolute atomic E-state index is 0.121. The Labute approximate surface area is 217 Å². The number of ether oxygens (including phenoxy) is 2. The second kappa shape index (κ2) is 11.5. The summed E-state index contributed by atoms with van der Waals surface area (Å²) in [5, 5.41) is 13.3. The number of amides is 1. The van der Waals surface area contributed by atoms with Crippen LogP contribution in [0.5, 0.6) is 5.75 Å². The van der Waals surface area contributed by atoms with E-state index >= 15 is 0 Å². The lowest BCUT2D eigenvalue weighted by Gasteiger charge is -2.12. The summed E-state index contributed by atoms with van der Waals surface area (Å²) in [6.07, 6.45) is 3.88. The average molecular weight is 535 g/mol. The molecule has 2 aromatic heterocycles. The molecule has 1 N–H and O–H groups in total. The Morgan fingerprint density at radius 1 is 1.23 bits per heavy atom. The van der Waals surface area contributed by atoms with Crippen molar-refractivity contribution in [1.29, 1.82) is 0 Å². The Bertz CT molecular complexity index is 1240. The minimum Gasteiger partial charge on any atom is -0.496 e. The van der Waals surface area contributed by atoms with E-state index in [0.29, 0.717) is 45.5 Å². The van der Waals surface area contributed by atoms with Gasteiger partial charge in [-0.05, 0) is 63.3 Å². The van der Waals surface area contributed by atoms with Crippen LogP contribution in [0.3, 0.4) is 0 Å². The Balaban J connectivity index is 1.51. The Morgan fingerprint density at radius 2 is 2.03 bits per heavy atom. The van der Waals surface area contributed by atoms with Crippen molar-refractivity contribution in [2.24, 2.45) is 0 Å². The molecule has 35 heavy (non-hydrogen) atoms. The second-order valence-corrected chi connectivity index (χ2v) is 10.4. The summed E-state index contributed by atoms with van der Waals surface area (Å²) in [6, 6.07) is 5.32. The van der Waals surface area contributed by atoms with Crippen LogP contribution in [0.15, 0.2) is 23.4 Å². The molecule has 0 radical (unpaired) electrons. The molecule has 1 aliphatic carbocycles. The summed E-state index contributed by atoms with van der Waals surface area (Å²) >= 11 is 8.96. The van der Waals surface area contributed by atoms with Crippen LogP contribution in [0.1, 0.15) is 47.5 Å². The van der Waals surface area contributed by atoms with Gasteiger partial charge >= 0.3 is 5.97 Å². The molecule has 0 saturated heterocycles. The number of carbonyl (C=O) groups excluding carboxylic acids is 2. The van der Waals surface area contributed by atoms with Crippen LogP contribution in [0, 0.1) is 0 Å². The largest absolute Gasteiger partial charge is 0.496 e. The molecule has 0 unspecified atom stereocenters. The first-order valence-electron chi connectivity index (χ1n) is 11.5. The predicted octanol–water partition coefficient (Wildman–Crippen LogP) is 5.47. The van der Waals surface area contributed by atoms with E-state index in [1.807, 2.05) is 11.5 Å². The number of thiophene rings is 1. The normalized spacial score (nSPS) is 12.8. The predicted molar refractivity (Wildman–Crippen MR) is 139 cm³/mol. The van der Waals surface area contributed by atoms with Crippen LogP contribution in [0.25, 0.3) is 11.4 Å². The third-order valence-corrected chi connectivity index (χ3v) is 8.08. The maximum atomic E-state index is 12.9. The number of benzene rings is 1. The van der Waals surface area contributed by atoms with Gasteiger partial charge in [-0.1, -0.05) is 23.4 Å². The number of rotatable bonds is 9. The van der Waals surface area contributed by atoms with E-state index in [-0.39, 0.29) is 17.6 Å². The van der Waals surface area contributed by atoms with Gasteiger partial charge in [-0.25, -0.2) is 4.79 Å². The zero-order valence-corrected chi connectivity index (χ0v) is 22.2. The second-order valence-electron chi connectivity index (χ2n) is 7.87. The number of nitrogens with one attached hydrogen (secondary N) is 1. The maximum absolute atomic E-state index is 12.9. The van der Waals surface area contributed by atoms with Crippen molar-refractivity contribution >= 4 is 51.6 Å². The van der Waals surface area contributed by atoms with Gasteiger partial charge in [0.25, 0.3) is 0 Å². The maximum Gasteiger partial charge on any atom is 0.341 e. The average Bonchev–Trinajstić information content (AvgIpc) is 3.43. The smallest absolute Gasteiger partial charge is 0.341 e. The van der Waals surface area contributed by atoms with Crippen molar-refractivity contribution in [3.8, 4) is 17.1 Å². The van der Waals surface area contributed by atoms with E-state index in [2.05, 4.69) is 15.5 Å². The molecule has 8 nitrogen and oxygen atoms in total. The lowest BCUT2D eigenvalue weighted by atomic mass is 9.95. The van der Waals surface area contributed by atoms with Crippen molar-refractivity contribution in [3.05, 3.63) is 39.2 Å². The fourth-order valence-electron chi connectivity index (χ4n) is 4.10. The summed E-state index contributed by atoms with van der Waals surface area (Å²) in [7, 11) is 1.59. The number of hydrogen-bond donors (Lipinski definition) is 1. The number of hydrogen-bond acceptors (Lipinski definition) is 8. The van der Waals surface area contributed by atoms with Crippen LogP contribution in [0.2, 0.25) is 5.02 Å². The van der Waals surface area contributed by atoms with Crippen molar-refractivity contribution in [1.82, 2.24) is 14.8 Å².